The van der Waals surface area contributed by atoms with Crippen LogP contribution in [0.5, 0.6) is 0 Å². The molecule has 2 heterocycles. The molecule has 8 atom stereocenters. The van der Waals surface area contributed by atoms with Crippen molar-refractivity contribution in [2.75, 3.05) is 13.2 Å². The number of hydrogen-bond acceptors (Lipinski definition) is 8. The van der Waals surface area contributed by atoms with Gasteiger partial charge in [-0.25, -0.2) is 0 Å². The van der Waals surface area contributed by atoms with Crippen LogP contribution in [0, 0.1) is 17.8 Å². The molecule has 29 heavy (non-hydrogen) atoms. The molecule has 0 aromatic carbocycles. The maximum Gasteiger partial charge on any atom is 0.302 e. The van der Waals surface area contributed by atoms with Gasteiger partial charge in [-0.05, 0) is 20.3 Å². The van der Waals surface area contributed by atoms with Crippen LogP contribution in [-0.4, -0.2) is 70.0 Å². The largest absolute Gasteiger partial charge is 0.465 e. The average Bonchev–Trinajstić information content (AvgIpc) is 3.35. The van der Waals surface area contributed by atoms with E-state index in [1.54, 1.807) is 13.8 Å². The van der Waals surface area contributed by atoms with Gasteiger partial charge in [0.25, 0.3) is 0 Å². The summed E-state index contributed by atoms with van der Waals surface area (Å²) in [7, 11) is 0. The van der Waals surface area contributed by atoms with Crippen LogP contribution in [0.4, 0.5) is 0 Å². The van der Waals surface area contributed by atoms with Crippen LogP contribution in [-0.2, 0) is 23.8 Å². The number of ketones is 1. The Kier molecular flexibility index (Phi) is 7.62. The molecule has 0 spiro atoms. The summed E-state index contributed by atoms with van der Waals surface area (Å²) in [5, 5.41) is 31.7. The van der Waals surface area contributed by atoms with E-state index in [9.17, 15) is 24.9 Å². The van der Waals surface area contributed by atoms with Crippen molar-refractivity contribution in [3.63, 3.8) is 0 Å². The molecule has 2 fully saturated rings. The highest BCUT2D eigenvalue weighted by Crippen LogP contribution is 2.47. The molecule has 0 aromatic heterocycles. The van der Waals surface area contributed by atoms with E-state index >= 15 is 0 Å². The lowest BCUT2D eigenvalue weighted by Crippen LogP contribution is -2.53. The second kappa shape index (κ2) is 9.22. The second-order valence-electron chi connectivity index (χ2n) is 8.35. The third-order valence-electron chi connectivity index (χ3n) is 6.10. The fourth-order valence-corrected chi connectivity index (χ4v) is 4.12. The SMILES string of the molecule is C/C=C\[C@H](C)[C@H]1O[C@]1(C)[C@@H](O)[C@@H](COC(C)=O)C(=O)[C@@H]1COC(O)(CC)C[C@@H]1O. The van der Waals surface area contributed by atoms with E-state index in [1.807, 2.05) is 26.0 Å². The van der Waals surface area contributed by atoms with Crippen molar-refractivity contribution < 1.29 is 39.1 Å². The first-order valence-corrected chi connectivity index (χ1v) is 10.2. The van der Waals surface area contributed by atoms with Crippen molar-refractivity contribution in [2.24, 2.45) is 17.8 Å². The summed E-state index contributed by atoms with van der Waals surface area (Å²) in [5.74, 6) is -4.50. The number of aliphatic hydroxyl groups is 3. The third-order valence-corrected chi connectivity index (χ3v) is 6.10. The minimum Gasteiger partial charge on any atom is -0.465 e. The van der Waals surface area contributed by atoms with Gasteiger partial charge in [-0.3, -0.25) is 9.59 Å². The van der Waals surface area contributed by atoms with E-state index in [4.69, 9.17) is 14.2 Å². The normalized spacial score (nSPS) is 37.7. The number of carbonyl (C=O) groups is 2. The van der Waals surface area contributed by atoms with Crippen LogP contribution in [0.2, 0.25) is 0 Å². The summed E-state index contributed by atoms with van der Waals surface area (Å²) >= 11 is 0. The Morgan fingerprint density at radius 1 is 1.38 bits per heavy atom. The molecule has 8 nitrogen and oxygen atoms in total. The van der Waals surface area contributed by atoms with Crippen LogP contribution in [0.1, 0.15) is 47.5 Å². The van der Waals surface area contributed by atoms with E-state index in [0.717, 1.165) is 0 Å². The van der Waals surface area contributed by atoms with Crippen LogP contribution < -0.4 is 0 Å². The maximum absolute atomic E-state index is 13.2. The molecular formula is C21H34O8. The Labute approximate surface area is 171 Å². The molecule has 0 bridgehead atoms. The minimum absolute atomic E-state index is 0.0345. The number of hydrogen-bond donors (Lipinski definition) is 3. The predicted octanol–water partition coefficient (Wildman–Crippen LogP) is 0.961. The molecule has 2 rings (SSSR count). The number of rotatable bonds is 9. The molecule has 0 amide bonds. The van der Waals surface area contributed by atoms with E-state index in [-0.39, 0.29) is 38.1 Å². The molecule has 2 aliphatic rings. The molecule has 3 N–H and O–H groups in total. The maximum atomic E-state index is 13.2. The molecule has 2 aliphatic heterocycles. The standard InChI is InChI=1S/C21H34O8/c1-6-8-12(3)19-20(5,29-19)18(25)15(10-27-13(4)22)17(24)14-11-28-21(26,7-2)9-16(14)23/h6,8,12,14-16,18-19,23,25-26H,7,9-11H2,1-5H3/b8-6-/t12-,14+,15-,16-,18-,19+,20+,21?/m0/s1. The van der Waals surface area contributed by atoms with E-state index in [2.05, 4.69) is 0 Å². The van der Waals surface area contributed by atoms with Gasteiger partial charge in [-0.15, -0.1) is 0 Å². The van der Waals surface area contributed by atoms with Gasteiger partial charge in [0.15, 0.2) is 5.79 Å². The number of allylic oxidation sites excluding steroid dienone is 1. The Hall–Kier alpha value is -1.32. The summed E-state index contributed by atoms with van der Waals surface area (Å²) < 4.78 is 16.2. The first kappa shape index (κ1) is 24.0. The number of epoxide rings is 1. The van der Waals surface area contributed by atoms with Gasteiger partial charge in [-0.1, -0.05) is 26.0 Å². The Morgan fingerprint density at radius 2 is 2.03 bits per heavy atom. The highest BCUT2D eigenvalue weighted by Gasteiger charge is 2.62. The molecule has 0 radical (unpaired) electrons. The number of esters is 1. The zero-order valence-corrected chi connectivity index (χ0v) is 17.8. The summed E-state index contributed by atoms with van der Waals surface area (Å²) in [6.07, 6.45) is 1.39. The lowest BCUT2D eigenvalue weighted by molar-refractivity contribution is -0.258. The first-order chi connectivity index (χ1) is 13.5. The van der Waals surface area contributed by atoms with E-state index < -0.39 is 47.2 Å². The highest BCUT2D eigenvalue weighted by atomic mass is 16.6. The van der Waals surface area contributed by atoms with Gasteiger partial charge in [0.1, 0.15) is 18.0 Å². The number of aliphatic hydroxyl groups excluding tert-OH is 2. The molecule has 1 unspecified atom stereocenters. The van der Waals surface area contributed by atoms with Gasteiger partial charge < -0.3 is 29.5 Å². The summed E-state index contributed by atoms with van der Waals surface area (Å²) in [4.78, 5) is 24.5. The number of Topliss-reactive ketones (excluding diaryl/α,β-unsaturated/α-hetero) is 1. The monoisotopic (exact) mass is 414 g/mol. The average molecular weight is 414 g/mol. The Morgan fingerprint density at radius 3 is 2.55 bits per heavy atom. The summed E-state index contributed by atoms with van der Waals surface area (Å²) in [6.45, 7) is 8.01. The zero-order chi connectivity index (χ0) is 22.0. The van der Waals surface area contributed by atoms with Crippen LogP contribution in [0.3, 0.4) is 0 Å². The van der Waals surface area contributed by atoms with Gasteiger partial charge in [-0.2, -0.15) is 0 Å². The quantitative estimate of drug-likeness (QED) is 0.289. The highest BCUT2D eigenvalue weighted by molar-refractivity contribution is 5.85. The van der Waals surface area contributed by atoms with Gasteiger partial charge in [0.2, 0.25) is 0 Å². The van der Waals surface area contributed by atoms with Crippen molar-refractivity contribution in [3.8, 4) is 0 Å². The van der Waals surface area contributed by atoms with Crippen molar-refractivity contribution in [3.05, 3.63) is 12.2 Å². The molecule has 2 saturated heterocycles. The first-order valence-electron chi connectivity index (χ1n) is 10.2. The molecule has 0 aromatic rings. The Bertz CT molecular complexity index is 634. The third kappa shape index (κ3) is 5.24. The van der Waals surface area contributed by atoms with Crippen LogP contribution in [0.25, 0.3) is 0 Å². The molecule has 0 aliphatic carbocycles. The van der Waals surface area contributed by atoms with Crippen molar-refractivity contribution in [1.29, 1.82) is 0 Å². The molecular weight excluding hydrogens is 380 g/mol. The van der Waals surface area contributed by atoms with Crippen LogP contribution >= 0.6 is 0 Å². The smallest absolute Gasteiger partial charge is 0.302 e. The molecule has 8 heteroatoms. The topological polar surface area (TPSA) is 126 Å². The molecule has 166 valence electrons. The van der Waals surface area contributed by atoms with E-state index in [1.165, 1.54) is 6.92 Å². The number of carbonyl (C=O) groups excluding carboxylic acids is 2. The fraction of sp³-hybridized carbons (Fsp3) is 0.810. The fourth-order valence-electron chi connectivity index (χ4n) is 4.12. The van der Waals surface area contributed by atoms with E-state index in [0.29, 0.717) is 0 Å². The summed E-state index contributed by atoms with van der Waals surface area (Å²) in [6, 6.07) is 0. The molecule has 0 saturated carbocycles. The van der Waals surface area contributed by atoms with Gasteiger partial charge in [0, 0.05) is 19.3 Å². The minimum atomic E-state index is -1.47. The second-order valence-corrected chi connectivity index (χ2v) is 8.35. The summed E-state index contributed by atoms with van der Waals surface area (Å²) in [5.41, 5.74) is -0.968. The number of ether oxygens (including phenoxy) is 3. The van der Waals surface area contributed by atoms with Crippen molar-refractivity contribution >= 4 is 11.8 Å². The van der Waals surface area contributed by atoms with Crippen LogP contribution in [0.15, 0.2) is 12.2 Å². The van der Waals surface area contributed by atoms with Crippen molar-refractivity contribution in [2.45, 2.75) is 77.2 Å². The predicted molar refractivity (Wildman–Crippen MR) is 104 cm³/mol. The lowest BCUT2D eigenvalue weighted by atomic mass is 9.78. The van der Waals surface area contributed by atoms with Crippen molar-refractivity contribution in [1.82, 2.24) is 0 Å². The zero-order valence-electron chi connectivity index (χ0n) is 17.8. The Balaban J connectivity index is 2.17. The van der Waals surface area contributed by atoms with Gasteiger partial charge in [0.05, 0.1) is 36.8 Å². The van der Waals surface area contributed by atoms with Gasteiger partial charge >= 0.3 is 5.97 Å². The lowest BCUT2D eigenvalue weighted by Gasteiger charge is -2.39.